The van der Waals surface area contributed by atoms with Gasteiger partial charge < -0.3 is 14.4 Å². The third kappa shape index (κ3) is 4.13. The first kappa shape index (κ1) is 13.6. The maximum atomic E-state index is 9.43. The Labute approximate surface area is 100 Å². The second-order valence-electron chi connectivity index (χ2n) is 3.78. The molecular formula is C11H17N3O3. The number of hydrogen-bond acceptors (Lipinski definition) is 6. The number of aliphatic hydroxyl groups is 1. The Morgan fingerprint density at radius 1 is 1.59 bits per heavy atom. The van der Waals surface area contributed by atoms with Crippen LogP contribution >= 0.6 is 0 Å². The fourth-order valence-electron chi connectivity index (χ4n) is 1.48. The Balaban J connectivity index is 2.61. The first-order chi connectivity index (χ1) is 8.21. The van der Waals surface area contributed by atoms with Crippen molar-refractivity contribution in [2.24, 2.45) is 0 Å². The lowest BCUT2D eigenvalue weighted by Crippen LogP contribution is -2.10. The van der Waals surface area contributed by atoms with Crippen molar-refractivity contribution >= 4 is 0 Å². The number of nitriles is 1. The van der Waals surface area contributed by atoms with Gasteiger partial charge in [0.25, 0.3) is 0 Å². The van der Waals surface area contributed by atoms with Crippen molar-refractivity contribution < 1.29 is 14.4 Å². The lowest BCUT2D eigenvalue weighted by molar-refractivity contribution is 0.0854. The van der Waals surface area contributed by atoms with Gasteiger partial charge in [-0.2, -0.15) is 10.2 Å². The van der Waals surface area contributed by atoms with Gasteiger partial charge in [0.05, 0.1) is 25.0 Å². The highest BCUT2D eigenvalue weighted by molar-refractivity contribution is 4.93. The second kappa shape index (κ2) is 6.99. The predicted molar refractivity (Wildman–Crippen MR) is 58.9 cm³/mol. The summed E-state index contributed by atoms with van der Waals surface area (Å²) in [6, 6.07) is 1.88. The van der Waals surface area contributed by atoms with E-state index in [1.807, 2.05) is 13.0 Å². The van der Waals surface area contributed by atoms with Crippen molar-refractivity contribution in [3.63, 3.8) is 0 Å². The molecule has 0 radical (unpaired) electrons. The fraction of sp³-hybridized carbons (Fsp3) is 0.727. The molecule has 6 nitrogen and oxygen atoms in total. The summed E-state index contributed by atoms with van der Waals surface area (Å²) in [7, 11) is 1.60. The predicted octanol–water partition coefficient (Wildman–Crippen LogP) is 1.37. The van der Waals surface area contributed by atoms with Crippen molar-refractivity contribution in [1.82, 2.24) is 10.1 Å². The van der Waals surface area contributed by atoms with Gasteiger partial charge in [-0.25, -0.2) is 0 Å². The number of hydrogen-bond donors (Lipinski definition) is 1. The Hall–Kier alpha value is -1.45. The van der Waals surface area contributed by atoms with Gasteiger partial charge in [0.2, 0.25) is 11.7 Å². The van der Waals surface area contributed by atoms with Crippen LogP contribution in [0.4, 0.5) is 0 Å². The first-order valence-corrected chi connectivity index (χ1v) is 5.61. The zero-order valence-corrected chi connectivity index (χ0v) is 10.1. The topological polar surface area (TPSA) is 92.2 Å². The van der Waals surface area contributed by atoms with Gasteiger partial charge >= 0.3 is 0 Å². The summed E-state index contributed by atoms with van der Waals surface area (Å²) in [6.45, 7) is 2.05. The summed E-state index contributed by atoms with van der Waals surface area (Å²) in [5.41, 5.74) is 0. The lowest BCUT2D eigenvalue weighted by atomic mass is 10.2. The van der Waals surface area contributed by atoms with Crippen LogP contribution in [0.25, 0.3) is 0 Å². The van der Waals surface area contributed by atoms with Crippen molar-refractivity contribution in [2.75, 3.05) is 7.11 Å². The average molecular weight is 239 g/mol. The largest absolute Gasteiger partial charge is 0.392 e. The third-order valence-electron chi connectivity index (χ3n) is 2.34. The van der Waals surface area contributed by atoms with Gasteiger partial charge in [-0.15, -0.1) is 0 Å². The molecule has 1 aromatic rings. The summed E-state index contributed by atoms with van der Waals surface area (Å²) in [5.74, 6) is 0.828. The van der Waals surface area contributed by atoms with Gasteiger partial charge in [0, 0.05) is 7.11 Å². The number of rotatable bonds is 7. The van der Waals surface area contributed by atoms with Gasteiger partial charge in [0.1, 0.15) is 6.10 Å². The molecule has 0 bridgehead atoms. The second-order valence-corrected chi connectivity index (χ2v) is 3.78. The molecule has 2 atom stereocenters. The van der Waals surface area contributed by atoms with E-state index >= 15 is 0 Å². The monoisotopic (exact) mass is 239 g/mol. The van der Waals surface area contributed by atoms with Crippen LogP contribution in [-0.4, -0.2) is 28.5 Å². The summed E-state index contributed by atoms with van der Waals surface area (Å²) in [5, 5.41) is 21.7. The van der Waals surface area contributed by atoms with Crippen molar-refractivity contribution in [3.05, 3.63) is 11.7 Å². The lowest BCUT2D eigenvalue weighted by Gasteiger charge is -2.08. The highest BCUT2D eigenvalue weighted by atomic mass is 16.5. The fourth-order valence-corrected chi connectivity index (χ4v) is 1.48. The van der Waals surface area contributed by atoms with E-state index in [2.05, 4.69) is 10.1 Å². The first-order valence-electron chi connectivity index (χ1n) is 5.61. The summed E-state index contributed by atoms with van der Waals surface area (Å²) in [6.07, 6.45) is 1.09. The van der Waals surface area contributed by atoms with E-state index in [0.717, 1.165) is 12.8 Å². The van der Waals surface area contributed by atoms with Crippen molar-refractivity contribution in [3.8, 4) is 6.07 Å². The minimum absolute atomic E-state index is 0.0559. The van der Waals surface area contributed by atoms with Gasteiger partial charge in [-0.3, -0.25) is 0 Å². The molecule has 1 heterocycles. The molecule has 0 spiro atoms. The summed E-state index contributed by atoms with van der Waals surface area (Å²) in [4.78, 5) is 4.15. The molecule has 0 saturated carbocycles. The van der Waals surface area contributed by atoms with Crippen LogP contribution in [0.2, 0.25) is 0 Å². The Bertz CT molecular complexity index is 372. The van der Waals surface area contributed by atoms with E-state index in [1.165, 1.54) is 0 Å². The van der Waals surface area contributed by atoms with Crippen LogP contribution < -0.4 is 0 Å². The van der Waals surface area contributed by atoms with Crippen LogP contribution in [0.1, 0.15) is 44.0 Å². The number of nitrogens with zero attached hydrogens (tertiary/aromatic N) is 3. The summed E-state index contributed by atoms with van der Waals surface area (Å²) >= 11 is 0. The maximum Gasteiger partial charge on any atom is 0.229 e. The molecule has 1 N–H and O–H groups in total. The van der Waals surface area contributed by atoms with E-state index in [1.54, 1.807) is 7.11 Å². The van der Waals surface area contributed by atoms with Gasteiger partial charge in [0.15, 0.2) is 0 Å². The molecule has 1 rings (SSSR count). The third-order valence-corrected chi connectivity index (χ3v) is 2.34. The molecule has 0 amide bonds. The van der Waals surface area contributed by atoms with Crippen LogP contribution in [0.5, 0.6) is 0 Å². The van der Waals surface area contributed by atoms with E-state index < -0.39 is 6.10 Å². The maximum absolute atomic E-state index is 9.43. The highest BCUT2D eigenvalue weighted by Crippen LogP contribution is 2.19. The molecule has 0 aliphatic carbocycles. The van der Waals surface area contributed by atoms with E-state index in [4.69, 9.17) is 14.5 Å². The molecule has 17 heavy (non-hydrogen) atoms. The molecule has 0 aliphatic rings. The normalized spacial score (nSPS) is 14.2. The highest BCUT2D eigenvalue weighted by Gasteiger charge is 2.18. The van der Waals surface area contributed by atoms with Crippen LogP contribution in [0.3, 0.4) is 0 Å². The van der Waals surface area contributed by atoms with Gasteiger partial charge in [-0.05, 0) is 6.42 Å². The van der Waals surface area contributed by atoms with E-state index in [0.29, 0.717) is 11.7 Å². The molecule has 94 valence electrons. The molecular weight excluding hydrogens is 222 g/mol. The van der Waals surface area contributed by atoms with Crippen LogP contribution in [0, 0.1) is 11.3 Å². The standard InChI is InChI=1S/C11H17N3O3/c1-3-4-9(16-2)11-13-10(17-14-11)7-8(15)5-6-12/h8-9,15H,3-5,7H2,1-2H3. The molecule has 2 unspecified atom stereocenters. The smallest absolute Gasteiger partial charge is 0.229 e. The van der Waals surface area contributed by atoms with Crippen molar-refractivity contribution in [2.45, 2.75) is 44.8 Å². The number of aliphatic hydroxyl groups excluding tert-OH is 1. The number of ether oxygens (including phenoxy) is 1. The van der Waals surface area contributed by atoms with Crippen LogP contribution in [0.15, 0.2) is 4.52 Å². The van der Waals surface area contributed by atoms with Crippen molar-refractivity contribution in [1.29, 1.82) is 5.26 Å². The van der Waals surface area contributed by atoms with E-state index in [9.17, 15) is 5.11 Å². The molecule has 0 aromatic carbocycles. The Morgan fingerprint density at radius 3 is 2.94 bits per heavy atom. The van der Waals surface area contributed by atoms with Gasteiger partial charge in [-0.1, -0.05) is 18.5 Å². The minimum Gasteiger partial charge on any atom is -0.392 e. The molecule has 6 heteroatoms. The minimum atomic E-state index is -0.763. The number of aromatic nitrogens is 2. The Kier molecular flexibility index (Phi) is 5.60. The van der Waals surface area contributed by atoms with E-state index in [-0.39, 0.29) is 18.9 Å². The molecule has 1 aromatic heterocycles. The quantitative estimate of drug-likeness (QED) is 0.772. The average Bonchev–Trinajstić information content (AvgIpc) is 2.74. The molecule has 0 fully saturated rings. The summed E-state index contributed by atoms with van der Waals surface area (Å²) < 4.78 is 10.2. The van der Waals surface area contributed by atoms with Crippen LogP contribution in [-0.2, 0) is 11.2 Å². The number of methoxy groups -OCH3 is 1. The molecule has 0 saturated heterocycles. The zero-order valence-electron chi connectivity index (χ0n) is 10.1. The zero-order chi connectivity index (χ0) is 12.7. The SMILES string of the molecule is CCCC(OC)c1noc(CC(O)CC#N)n1. The molecule has 0 aliphatic heterocycles. The Morgan fingerprint density at radius 2 is 2.35 bits per heavy atom.